The molecule has 1 saturated heterocycles. The van der Waals surface area contributed by atoms with Gasteiger partial charge in [0.15, 0.2) is 0 Å². The van der Waals surface area contributed by atoms with Gasteiger partial charge in [-0.25, -0.2) is 4.98 Å². The van der Waals surface area contributed by atoms with Crippen molar-refractivity contribution in [2.24, 2.45) is 5.92 Å². The predicted molar refractivity (Wildman–Crippen MR) is 95.9 cm³/mol. The topological polar surface area (TPSA) is 45.2 Å². The Kier molecular flexibility index (Phi) is 5.31. The lowest BCUT2D eigenvalue weighted by atomic mass is 10.1. The van der Waals surface area contributed by atoms with Crippen molar-refractivity contribution >= 4 is 40.6 Å². The smallest absolute Gasteiger partial charge is 0.244 e. The molecule has 1 aromatic carbocycles. The average molecular weight is 348 g/mol. The molecule has 1 atom stereocenters. The van der Waals surface area contributed by atoms with Gasteiger partial charge in [0.05, 0.1) is 0 Å². The highest BCUT2D eigenvalue weighted by Gasteiger charge is 2.22. The number of halogens is 1. The highest BCUT2D eigenvalue weighted by Crippen LogP contribution is 2.24. The Bertz CT molecular complexity index is 670. The largest absolute Gasteiger partial charge is 0.371 e. The average Bonchev–Trinajstić information content (AvgIpc) is 3.23. The van der Waals surface area contributed by atoms with E-state index in [9.17, 15) is 4.79 Å². The van der Waals surface area contributed by atoms with Gasteiger partial charge in [-0.3, -0.25) is 4.79 Å². The number of hydrogen-bond donors (Lipinski definition) is 1. The van der Waals surface area contributed by atoms with E-state index >= 15 is 0 Å². The van der Waals surface area contributed by atoms with E-state index in [4.69, 9.17) is 11.6 Å². The summed E-state index contributed by atoms with van der Waals surface area (Å²) in [7, 11) is 0. The van der Waals surface area contributed by atoms with Gasteiger partial charge in [-0.05, 0) is 42.7 Å². The Morgan fingerprint density at radius 3 is 3.00 bits per heavy atom. The van der Waals surface area contributed by atoms with Crippen LogP contribution in [-0.4, -0.2) is 30.5 Å². The molecule has 120 valence electrons. The Morgan fingerprint density at radius 2 is 2.26 bits per heavy atom. The van der Waals surface area contributed by atoms with Crippen molar-refractivity contribution < 1.29 is 4.79 Å². The fraction of sp³-hybridized carbons (Fsp3) is 0.294. The minimum atomic E-state index is -0.0647. The van der Waals surface area contributed by atoms with Crippen LogP contribution in [0, 0.1) is 5.92 Å². The van der Waals surface area contributed by atoms with Gasteiger partial charge in [0.25, 0.3) is 0 Å². The third-order valence-electron chi connectivity index (χ3n) is 3.87. The van der Waals surface area contributed by atoms with Crippen molar-refractivity contribution in [1.82, 2.24) is 10.3 Å². The second kappa shape index (κ2) is 7.62. The molecule has 1 amide bonds. The molecule has 0 spiro atoms. The molecule has 0 aliphatic carbocycles. The predicted octanol–water partition coefficient (Wildman–Crippen LogP) is 3.45. The minimum Gasteiger partial charge on any atom is -0.371 e. The SMILES string of the molecule is O=C(C=Cc1nccs1)NCC1CCN(c2ccc(Cl)cc2)C1. The third-order valence-corrected chi connectivity index (χ3v) is 4.86. The maximum absolute atomic E-state index is 11.8. The van der Waals surface area contributed by atoms with Gasteiger partial charge in [-0.2, -0.15) is 0 Å². The van der Waals surface area contributed by atoms with E-state index < -0.39 is 0 Å². The number of anilines is 1. The van der Waals surface area contributed by atoms with E-state index in [1.54, 1.807) is 18.3 Å². The van der Waals surface area contributed by atoms with Crippen molar-refractivity contribution in [2.75, 3.05) is 24.5 Å². The van der Waals surface area contributed by atoms with Crippen LogP contribution >= 0.6 is 22.9 Å². The summed E-state index contributed by atoms with van der Waals surface area (Å²) in [5, 5.41) is 6.46. The molecule has 1 aliphatic rings. The minimum absolute atomic E-state index is 0.0647. The Hall–Kier alpha value is -1.85. The molecule has 2 heterocycles. The molecular weight excluding hydrogens is 330 g/mol. The lowest BCUT2D eigenvalue weighted by molar-refractivity contribution is -0.116. The standard InChI is InChI=1S/C17H18ClN3OS/c18-14-1-3-15(4-2-14)21-9-7-13(12-21)11-20-16(22)5-6-17-19-8-10-23-17/h1-6,8,10,13H,7,9,11-12H2,(H,20,22). The van der Waals surface area contributed by atoms with Gasteiger partial charge in [-0.1, -0.05) is 11.6 Å². The first-order valence-electron chi connectivity index (χ1n) is 7.56. The van der Waals surface area contributed by atoms with Crippen LogP contribution < -0.4 is 10.2 Å². The number of hydrogen-bond acceptors (Lipinski definition) is 4. The first-order valence-corrected chi connectivity index (χ1v) is 8.82. The van der Waals surface area contributed by atoms with E-state index in [1.807, 2.05) is 29.6 Å². The zero-order chi connectivity index (χ0) is 16.1. The lowest BCUT2D eigenvalue weighted by Crippen LogP contribution is -2.29. The highest BCUT2D eigenvalue weighted by molar-refractivity contribution is 7.10. The number of nitrogens with zero attached hydrogens (tertiary/aromatic N) is 2. The van der Waals surface area contributed by atoms with Gasteiger partial charge in [0.2, 0.25) is 5.91 Å². The molecule has 6 heteroatoms. The van der Waals surface area contributed by atoms with E-state index in [0.29, 0.717) is 12.5 Å². The van der Waals surface area contributed by atoms with Crippen LogP contribution in [0.5, 0.6) is 0 Å². The quantitative estimate of drug-likeness (QED) is 0.842. The Labute approximate surface area is 144 Å². The number of nitrogens with one attached hydrogen (secondary N) is 1. The van der Waals surface area contributed by atoms with Gasteiger partial charge in [-0.15, -0.1) is 11.3 Å². The van der Waals surface area contributed by atoms with Gasteiger partial charge in [0, 0.05) is 48.0 Å². The zero-order valence-corrected chi connectivity index (χ0v) is 14.2. The molecule has 2 aromatic rings. The first-order chi connectivity index (χ1) is 11.2. The van der Waals surface area contributed by atoms with Gasteiger partial charge < -0.3 is 10.2 Å². The maximum Gasteiger partial charge on any atom is 0.244 e. The second-order valence-corrected chi connectivity index (χ2v) is 6.89. The molecule has 1 aromatic heterocycles. The van der Waals surface area contributed by atoms with Crippen LogP contribution in [0.25, 0.3) is 6.08 Å². The van der Waals surface area contributed by atoms with Gasteiger partial charge >= 0.3 is 0 Å². The summed E-state index contributed by atoms with van der Waals surface area (Å²) >= 11 is 7.44. The summed E-state index contributed by atoms with van der Waals surface area (Å²) in [4.78, 5) is 18.3. The number of carbonyl (C=O) groups is 1. The summed E-state index contributed by atoms with van der Waals surface area (Å²) in [5.41, 5.74) is 1.19. The lowest BCUT2D eigenvalue weighted by Gasteiger charge is -2.18. The van der Waals surface area contributed by atoms with Crippen LogP contribution in [0.1, 0.15) is 11.4 Å². The third kappa shape index (κ3) is 4.56. The molecule has 4 nitrogen and oxygen atoms in total. The van der Waals surface area contributed by atoms with Crippen molar-refractivity contribution in [3.63, 3.8) is 0 Å². The number of aromatic nitrogens is 1. The fourth-order valence-corrected chi connectivity index (χ4v) is 3.31. The summed E-state index contributed by atoms with van der Waals surface area (Å²) in [6.07, 6.45) is 6.10. The summed E-state index contributed by atoms with van der Waals surface area (Å²) < 4.78 is 0. The van der Waals surface area contributed by atoms with Crippen LogP contribution in [0.3, 0.4) is 0 Å². The normalized spacial score (nSPS) is 17.8. The monoisotopic (exact) mass is 347 g/mol. The van der Waals surface area contributed by atoms with Crippen LogP contribution in [0.15, 0.2) is 41.9 Å². The van der Waals surface area contributed by atoms with E-state index in [2.05, 4.69) is 15.2 Å². The summed E-state index contributed by atoms with van der Waals surface area (Å²) in [6, 6.07) is 7.91. The summed E-state index contributed by atoms with van der Waals surface area (Å²) in [6.45, 7) is 2.67. The molecule has 1 unspecified atom stereocenters. The highest BCUT2D eigenvalue weighted by atomic mass is 35.5. The van der Waals surface area contributed by atoms with Gasteiger partial charge in [0.1, 0.15) is 5.01 Å². The Balaban J connectivity index is 1.45. The number of benzene rings is 1. The molecular formula is C17H18ClN3OS. The number of rotatable bonds is 5. The van der Waals surface area contributed by atoms with Crippen LogP contribution in [0.2, 0.25) is 5.02 Å². The molecule has 1 N–H and O–H groups in total. The Morgan fingerprint density at radius 1 is 1.43 bits per heavy atom. The molecule has 0 saturated carbocycles. The first kappa shape index (κ1) is 16.0. The number of thiazole rings is 1. The molecule has 23 heavy (non-hydrogen) atoms. The van der Waals surface area contributed by atoms with Crippen molar-refractivity contribution in [3.8, 4) is 0 Å². The van der Waals surface area contributed by atoms with Crippen molar-refractivity contribution in [3.05, 3.63) is 51.9 Å². The van der Waals surface area contributed by atoms with Crippen LogP contribution in [-0.2, 0) is 4.79 Å². The number of amides is 1. The van der Waals surface area contributed by atoms with Crippen molar-refractivity contribution in [2.45, 2.75) is 6.42 Å². The molecule has 3 rings (SSSR count). The van der Waals surface area contributed by atoms with Crippen molar-refractivity contribution in [1.29, 1.82) is 0 Å². The fourth-order valence-electron chi connectivity index (χ4n) is 2.65. The molecule has 1 fully saturated rings. The molecule has 1 aliphatic heterocycles. The van der Waals surface area contributed by atoms with E-state index in [-0.39, 0.29) is 5.91 Å². The molecule has 0 bridgehead atoms. The zero-order valence-electron chi connectivity index (χ0n) is 12.6. The number of carbonyl (C=O) groups excluding carboxylic acids is 1. The van der Waals surface area contributed by atoms with E-state index in [0.717, 1.165) is 29.5 Å². The van der Waals surface area contributed by atoms with Crippen LogP contribution in [0.4, 0.5) is 5.69 Å². The maximum atomic E-state index is 11.8. The second-order valence-electron chi connectivity index (χ2n) is 5.53. The van der Waals surface area contributed by atoms with E-state index in [1.165, 1.54) is 17.0 Å². The molecule has 0 radical (unpaired) electrons. The summed E-state index contributed by atoms with van der Waals surface area (Å²) in [5.74, 6) is 0.410.